The molecule has 0 aliphatic rings. The SMILES string of the molecule is CC(C(=O)NC(C)(C)C)N(Cc1ccccc1Cl)C(=O)CN(c1cccc(Br)c1)S(C)(=O)=O. The Hall–Kier alpha value is -2.10. The van der Waals surface area contributed by atoms with Crippen molar-refractivity contribution in [2.75, 3.05) is 17.1 Å². The first-order valence-corrected chi connectivity index (χ1v) is 13.3. The van der Waals surface area contributed by atoms with Gasteiger partial charge in [0.05, 0.1) is 11.9 Å². The Morgan fingerprint density at radius 3 is 2.30 bits per heavy atom. The van der Waals surface area contributed by atoms with Crippen molar-refractivity contribution in [1.29, 1.82) is 0 Å². The largest absolute Gasteiger partial charge is 0.350 e. The number of benzene rings is 2. The molecule has 33 heavy (non-hydrogen) atoms. The third kappa shape index (κ3) is 8.01. The maximum atomic E-state index is 13.5. The topological polar surface area (TPSA) is 86.8 Å². The van der Waals surface area contributed by atoms with Crippen LogP contribution < -0.4 is 9.62 Å². The van der Waals surface area contributed by atoms with Crippen molar-refractivity contribution in [1.82, 2.24) is 10.2 Å². The van der Waals surface area contributed by atoms with E-state index in [1.807, 2.05) is 20.8 Å². The Kier molecular flexibility index (Phi) is 8.95. The van der Waals surface area contributed by atoms with Crippen LogP contribution in [0.3, 0.4) is 0 Å². The van der Waals surface area contributed by atoms with Crippen molar-refractivity contribution < 1.29 is 18.0 Å². The van der Waals surface area contributed by atoms with Crippen molar-refractivity contribution in [3.05, 3.63) is 63.6 Å². The molecular weight excluding hydrogens is 530 g/mol. The van der Waals surface area contributed by atoms with Gasteiger partial charge in [-0.3, -0.25) is 13.9 Å². The predicted octanol–water partition coefficient (Wildman–Crippen LogP) is 4.20. The van der Waals surface area contributed by atoms with Crippen LogP contribution in [0.25, 0.3) is 0 Å². The molecule has 2 amide bonds. The molecule has 10 heteroatoms. The predicted molar refractivity (Wildman–Crippen MR) is 136 cm³/mol. The van der Waals surface area contributed by atoms with Gasteiger partial charge in [-0.15, -0.1) is 0 Å². The number of rotatable bonds is 8. The van der Waals surface area contributed by atoms with Crippen LogP contribution in [0, 0.1) is 0 Å². The van der Waals surface area contributed by atoms with Crippen molar-refractivity contribution in [3.63, 3.8) is 0 Å². The molecule has 2 rings (SSSR count). The van der Waals surface area contributed by atoms with Crippen LogP contribution in [0.15, 0.2) is 53.0 Å². The average Bonchev–Trinajstić information content (AvgIpc) is 2.68. The van der Waals surface area contributed by atoms with E-state index in [0.29, 0.717) is 20.7 Å². The lowest BCUT2D eigenvalue weighted by Gasteiger charge is -2.33. The number of nitrogens with zero attached hydrogens (tertiary/aromatic N) is 2. The van der Waals surface area contributed by atoms with E-state index in [-0.39, 0.29) is 12.5 Å². The molecule has 180 valence electrons. The lowest BCUT2D eigenvalue weighted by atomic mass is 10.1. The smallest absolute Gasteiger partial charge is 0.244 e. The number of carbonyl (C=O) groups excluding carboxylic acids is 2. The first-order chi connectivity index (χ1) is 15.2. The van der Waals surface area contributed by atoms with E-state index in [9.17, 15) is 18.0 Å². The van der Waals surface area contributed by atoms with Crippen LogP contribution in [0.4, 0.5) is 5.69 Å². The number of nitrogens with one attached hydrogen (secondary N) is 1. The van der Waals surface area contributed by atoms with Gasteiger partial charge in [-0.05, 0) is 57.5 Å². The molecule has 0 radical (unpaired) electrons. The van der Waals surface area contributed by atoms with E-state index in [1.165, 1.54) is 4.90 Å². The fourth-order valence-electron chi connectivity index (χ4n) is 3.11. The van der Waals surface area contributed by atoms with Gasteiger partial charge < -0.3 is 10.2 Å². The molecule has 7 nitrogen and oxygen atoms in total. The lowest BCUT2D eigenvalue weighted by molar-refractivity contribution is -0.140. The highest BCUT2D eigenvalue weighted by molar-refractivity contribution is 9.10. The fraction of sp³-hybridized carbons (Fsp3) is 0.391. The minimum Gasteiger partial charge on any atom is -0.350 e. The van der Waals surface area contributed by atoms with Crippen LogP contribution >= 0.6 is 27.5 Å². The van der Waals surface area contributed by atoms with E-state index in [4.69, 9.17) is 11.6 Å². The highest BCUT2D eigenvalue weighted by Crippen LogP contribution is 2.24. The van der Waals surface area contributed by atoms with E-state index < -0.39 is 34.1 Å². The van der Waals surface area contributed by atoms with Crippen LogP contribution in [-0.2, 0) is 26.2 Å². The number of anilines is 1. The zero-order valence-electron chi connectivity index (χ0n) is 19.3. The first-order valence-electron chi connectivity index (χ1n) is 10.3. The van der Waals surface area contributed by atoms with Gasteiger partial charge in [-0.2, -0.15) is 0 Å². The minimum absolute atomic E-state index is 0.0489. The van der Waals surface area contributed by atoms with Gasteiger partial charge in [0, 0.05) is 21.6 Å². The van der Waals surface area contributed by atoms with Crippen molar-refractivity contribution >= 4 is 55.1 Å². The Balaban J connectivity index is 2.42. The summed E-state index contributed by atoms with van der Waals surface area (Å²) in [6.45, 7) is 6.73. The Morgan fingerprint density at radius 1 is 1.12 bits per heavy atom. The Labute approximate surface area is 209 Å². The van der Waals surface area contributed by atoms with Crippen LogP contribution in [0.5, 0.6) is 0 Å². The molecule has 1 unspecified atom stereocenters. The molecule has 0 saturated carbocycles. The molecule has 0 heterocycles. The maximum absolute atomic E-state index is 13.5. The summed E-state index contributed by atoms with van der Waals surface area (Å²) in [6.07, 6.45) is 1.04. The molecule has 0 bridgehead atoms. The average molecular weight is 559 g/mol. The summed E-state index contributed by atoms with van der Waals surface area (Å²) < 4.78 is 26.8. The second kappa shape index (κ2) is 10.9. The lowest BCUT2D eigenvalue weighted by Crippen LogP contribution is -2.54. The van der Waals surface area contributed by atoms with Gasteiger partial charge in [0.25, 0.3) is 0 Å². The molecular formula is C23H29BrClN3O4S. The van der Waals surface area contributed by atoms with E-state index in [1.54, 1.807) is 55.5 Å². The molecule has 1 N–H and O–H groups in total. The Bertz CT molecular complexity index is 1120. The second-order valence-electron chi connectivity index (χ2n) is 8.78. The van der Waals surface area contributed by atoms with Gasteiger partial charge in [0.1, 0.15) is 12.6 Å². The molecule has 2 aromatic rings. The molecule has 0 spiro atoms. The van der Waals surface area contributed by atoms with Gasteiger partial charge in [-0.25, -0.2) is 8.42 Å². The molecule has 0 aliphatic carbocycles. The molecule has 0 saturated heterocycles. The zero-order chi connectivity index (χ0) is 25.0. The summed E-state index contributed by atoms with van der Waals surface area (Å²) in [5, 5.41) is 3.32. The summed E-state index contributed by atoms with van der Waals surface area (Å²) in [7, 11) is -3.78. The number of halogens is 2. The summed E-state index contributed by atoms with van der Waals surface area (Å²) in [5.41, 5.74) is 0.487. The van der Waals surface area contributed by atoms with Crippen LogP contribution in [0.2, 0.25) is 5.02 Å². The molecule has 1 atom stereocenters. The van der Waals surface area contributed by atoms with Crippen LogP contribution in [0.1, 0.15) is 33.3 Å². The number of sulfonamides is 1. The van der Waals surface area contributed by atoms with Gasteiger partial charge >= 0.3 is 0 Å². The van der Waals surface area contributed by atoms with Crippen LogP contribution in [-0.4, -0.2) is 49.5 Å². The monoisotopic (exact) mass is 557 g/mol. The maximum Gasteiger partial charge on any atom is 0.244 e. The minimum atomic E-state index is -3.78. The van der Waals surface area contributed by atoms with E-state index in [2.05, 4.69) is 21.2 Å². The van der Waals surface area contributed by atoms with Gasteiger partial charge in [-0.1, -0.05) is 51.8 Å². The number of carbonyl (C=O) groups is 2. The summed E-state index contributed by atoms with van der Waals surface area (Å²) in [6, 6.07) is 12.8. The number of amides is 2. The van der Waals surface area contributed by atoms with Gasteiger partial charge in [0.2, 0.25) is 21.8 Å². The van der Waals surface area contributed by atoms with Gasteiger partial charge in [0.15, 0.2) is 0 Å². The standard InChI is InChI=1S/C23H29BrClN3O4S/c1-16(22(30)26-23(2,3)4)27(14-17-9-6-7-12-20(17)25)21(29)15-28(33(5,31)32)19-11-8-10-18(24)13-19/h6-13,16H,14-15H2,1-5H3,(H,26,30). The van der Waals surface area contributed by atoms with Crippen molar-refractivity contribution in [2.24, 2.45) is 0 Å². The normalized spacial score (nSPS) is 12.7. The second-order valence-corrected chi connectivity index (χ2v) is 12.0. The van der Waals surface area contributed by atoms with E-state index in [0.717, 1.165) is 10.6 Å². The molecule has 0 aliphatic heterocycles. The quantitative estimate of drug-likeness (QED) is 0.526. The summed E-state index contributed by atoms with van der Waals surface area (Å²) in [5.74, 6) is -0.881. The zero-order valence-corrected chi connectivity index (χ0v) is 22.5. The fourth-order valence-corrected chi connectivity index (χ4v) is 4.54. The summed E-state index contributed by atoms with van der Waals surface area (Å²) >= 11 is 9.64. The van der Waals surface area contributed by atoms with Crippen molar-refractivity contribution in [2.45, 2.75) is 45.8 Å². The highest BCUT2D eigenvalue weighted by Gasteiger charge is 2.31. The number of hydrogen-bond donors (Lipinski definition) is 1. The molecule has 0 aromatic heterocycles. The summed E-state index contributed by atoms with van der Waals surface area (Å²) in [4.78, 5) is 27.7. The van der Waals surface area contributed by atoms with E-state index >= 15 is 0 Å². The third-order valence-electron chi connectivity index (χ3n) is 4.74. The highest BCUT2D eigenvalue weighted by atomic mass is 79.9. The Morgan fingerprint density at radius 2 is 1.76 bits per heavy atom. The van der Waals surface area contributed by atoms with Crippen molar-refractivity contribution in [3.8, 4) is 0 Å². The molecule has 0 fully saturated rings. The third-order valence-corrected chi connectivity index (χ3v) is 6.74. The first kappa shape index (κ1) is 27.1. The number of hydrogen-bond acceptors (Lipinski definition) is 4. The molecule has 2 aromatic carbocycles.